The van der Waals surface area contributed by atoms with Gasteiger partial charge in [0.15, 0.2) is 0 Å². The first-order valence-corrected chi connectivity index (χ1v) is 10.6. The summed E-state index contributed by atoms with van der Waals surface area (Å²) in [4.78, 5) is 16.8. The van der Waals surface area contributed by atoms with E-state index in [9.17, 15) is 4.79 Å². The fraction of sp³-hybridized carbons (Fsp3) is 0.333. The van der Waals surface area contributed by atoms with Crippen molar-refractivity contribution in [3.63, 3.8) is 0 Å². The number of nitrogens with one attached hydrogen (secondary N) is 1. The number of carbonyl (C=O) groups is 1. The minimum Gasteiger partial charge on any atom is -0.497 e. The molecule has 1 aliphatic rings. The van der Waals surface area contributed by atoms with Crippen molar-refractivity contribution in [3.05, 3.63) is 71.5 Å². The molecule has 0 bridgehead atoms. The molecule has 0 aliphatic carbocycles. The van der Waals surface area contributed by atoms with Crippen LogP contribution in [0.1, 0.15) is 17.0 Å². The van der Waals surface area contributed by atoms with Crippen molar-refractivity contribution >= 4 is 11.7 Å². The van der Waals surface area contributed by atoms with E-state index in [1.165, 1.54) is 5.69 Å². The van der Waals surface area contributed by atoms with Gasteiger partial charge in [-0.25, -0.2) is 9.48 Å². The number of hydrogen-bond donors (Lipinski definition) is 1. The second-order valence-electron chi connectivity index (χ2n) is 7.75. The molecule has 1 N–H and O–H groups in total. The van der Waals surface area contributed by atoms with Crippen molar-refractivity contribution < 1.29 is 9.53 Å². The number of aryl methyl sites for hydroxylation is 1. The molecule has 1 aromatic heterocycles. The van der Waals surface area contributed by atoms with Crippen molar-refractivity contribution in [2.75, 3.05) is 38.2 Å². The summed E-state index contributed by atoms with van der Waals surface area (Å²) in [6.45, 7) is 7.61. The number of rotatable bonds is 5. The van der Waals surface area contributed by atoms with Gasteiger partial charge in [-0.1, -0.05) is 30.3 Å². The van der Waals surface area contributed by atoms with Gasteiger partial charge in [0.25, 0.3) is 0 Å². The van der Waals surface area contributed by atoms with Gasteiger partial charge in [-0.15, -0.1) is 0 Å². The van der Waals surface area contributed by atoms with Crippen LogP contribution in [-0.2, 0) is 6.54 Å². The summed E-state index contributed by atoms with van der Waals surface area (Å²) in [5.74, 6) is 0.812. The summed E-state index contributed by atoms with van der Waals surface area (Å²) < 4.78 is 7.17. The number of anilines is 1. The summed E-state index contributed by atoms with van der Waals surface area (Å²) >= 11 is 0. The molecule has 162 valence electrons. The van der Waals surface area contributed by atoms with Gasteiger partial charge in [0.2, 0.25) is 0 Å². The van der Waals surface area contributed by atoms with Gasteiger partial charge in [0.05, 0.1) is 29.9 Å². The van der Waals surface area contributed by atoms with Crippen LogP contribution in [0.5, 0.6) is 5.75 Å². The molecule has 0 saturated carbocycles. The number of methoxy groups -OCH3 is 1. The summed E-state index contributed by atoms with van der Waals surface area (Å²) in [7, 11) is 1.64. The molecule has 0 spiro atoms. The quantitative estimate of drug-likeness (QED) is 0.687. The Labute approximate surface area is 183 Å². The highest BCUT2D eigenvalue weighted by Gasteiger charge is 2.25. The molecule has 0 radical (unpaired) electrons. The molecule has 1 aliphatic heterocycles. The average Bonchev–Trinajstić information content (AvgIpc) is 3.12. The smallest absolute Gasteiger partial charge is 0.317 e. The molecule has 31 heavy (non-hydrogen) atoms. The van der Waals surface area contributed by atoms with E-state index < -0.39 is 0 Å². The van der Waals surface area contributed by atoms with Gasteiger partial charge in [0.1, 0.15) is 5.75 Å². The zero-order valence-electron chi connectivity index (χ0n) is 18.3. The number of piperazine rings is 1. The molecule has 7 nitrogen and oxygen atoms in total. The molecule has 1 fully saturated rings. The molecule has 2 heterocycles. The van der Waals surface area contributed by atoms with E-state index >= 15 is 0 Å². The van der Waals surface area contributed by atoms with Crippen LogP contribution in [0.25, 0.3) is 5.69 Å². The number of aromatic nitrogens is 2. The zero-order chi connectivity index (χ0) is 21.8. The molecular weight excluding hydrogens is 390 g/mol. The van der Waals surface area contributed by atoms with Crippen LogP contribution in [0.3, 0.4) is 0 Å². The maximum absolute atomic E-state index is 12.6. The SMILES string of the molecule is COc1ccc(CNC(=O)N2CCN(c3c(C)nn(-c4ccccc4)c3C)CC2)cc1. The summed E-state index contributed by atoms with van der Waals surface area (Å²) in [6.07, 6.45) is 0. The van der Waals surface area contributed by atoms with E-state index in [0.717, 1.165) is 41.5 Å². The summed E-state index contributed by atoms with van der Waals surface area (Å²) in [6, 6.07) is 17.9. The van der Waals surface area contributed by atoms with E-state index in [1.54, 1.807) is 7.11 Å². The Bertz CT molecular complexity index is 1020. The second-order valence-corrected chi connectivity index (χ2v) is 7.75. The first-order valence-electron chi connectivity index (χ1n) is 10.6. The predicted molar refractivity (Wildman–Crippen MR) is 122 cm³/mol. The van der Waals surface area contributed by atoms with Gasteiger partial charge < -0.3 is 19.9 Å². The van der Waals surface area contributed by atoms with Crippen molar-refractivity contribution in [1.82, 2.24) is 20.0 Å². The third kappa shape index (κ3) is 4.50. The highest BCUT2D eigenvalue weighted by Crippen LogP contribution is 2.27. The number of ether oxygens (including phenoxy) is 1. The van der Waals surface area contributed by atoms with E-state index in [2.05, 4.69) is 36.2 Å². The lowest BCUT2D eigenvalue weighted by Crippen LogP contribution is -2.52. The van der Waals surface area contributed by atoms with E-state index in [1.807, 2.05) is 52.0 Å². The highest BCUT2D eigenvalue weighted by atomic mass is 16.5. The van der Waals surface area contributed by atoms with Crippen LogP contribution < -0.4 is 15.0 Å². The van der Waals surface area contributed by atoms with Crippen LogP contribution in [0, 0.1) is 13.8 Å². The molecule has 0 unspecified atom stereocenters. The first kappa shape index (κ1) is 20.8. The molecule has 4 rings (SSSR count). The molecule has 2 amide bonds. The van der Waals surface area contributed by atoms with Crippen molar-refractivity contribution in [3.8, 4) is 11.4 Å². The number of hydrogen-bond acceptors (Lipinski definition) is 4. The van der Waals surface area contributed by atoms with Crippen molar-refractivity contribution in [2.24, 2.45) is 0 Å². The topological polar surface area (TPSA) is 62.6 Å². The predicted octanol–water partition coefficient (Wildman–Crippen LogP) is 3.53. The van der Waals surface area contributed by atoms with Crippen LogP contribution in [-0.4, -0.2) is 54.0 Å². The van der Waals surface area contributed by atoms with Gasteiger partial charge in [-0.05, 0) is 43.7 Å². The summed E-state index contributed by atoms with van der Waals surface area (Å²) in [5, 5.41) is 7.78. The van der Waals surface area contributed by atoms with E-state index in [0.29, 0.717) is 19.6 Å². The van der Waals surface area contributed by atoms with Gasteiger partial charge >= 0.3 is 6.03 Å². The van der Waals surface area contributed by atoms with Gasteiger partial charge in [-0.2, -0.15) is 5.10 Å². The highest BCUT2D eigenvalue weighted by molar-refractivity contribution is 5.74. The second kappa shape index (κ2) is 9.12. The average molecular weight is 420 g/mol. The van der Waals surface area contributed by atoms with Crippen LogP contribution in [0.4, 0.5) is 10.5 Å². The number of para-hydroxylation sites is 1. The van der Waals surface area contributed by atoms with Gasteiger partial charge in [0, 0.05) is 32.7 Å². The van der Waals surface area contributed by atoms with Crippen LogP contribution >= 0.6 is 0 Å². The third-order valence-electron chi connectivity index (χ3n) is 5.74. The minimum atomic E-state index is -0.0242. The number of urea groups is 1. The fourth-order valence-corrected chi connectivity index (χ4v) is 4.08. The largest absolute Gasteiger partial charge is 0.497 e. The fourth-order valence-electron chi connectivity index (χ4n) is 4.08. The Balaban J connectivity index is 1.35. The molecular formula is C24H29N5O2. The summed E-state index contributed by atoms with van der Waals surface area (Å²) in [5.41, 5.74) is 5.42. The lowest BCUT2D eigenvalue weighted by atomic mass is 10.2. The molecule has 3 aromatic rings. The Kier molecular flexibility index (Phi) is 6.11. The minimum absolute atomic E-state index is 0.0242. The van der Waals surface area contributed by atoms with E-state index in [-0.39, 0.29) is 6.03 Å². The molecule has 0 atom stereocenters. The van der Waals surface area contributed by atoms with Gasteiger partial charge in [-0.3, -0.25) is 0 Å². The Morgan fingerprint density at radius 2 is 1.68 bits per heavy atom. The van der Waals surface area contributed by atoms with Crippen molar-refractivity contribution in [1.29, 1.82) is 0 Å². The molecule has 1 saturated heterocycles. The standard InChI is InChI=1S/C24H29N5O2/c1-18-23(19(2)29(26-18)21-7-5-4-6-8-21)27-13-15-28(16-14-27)24(30)25-17-20-9-11-22(31-3)12-10-20/h4-12H,13-17H2,1-3H3,(H,25,30). The third-order valence-corrected chi connectivity index (χ3v) is 5.74. The number of amides is 2. The Morgan fingerprint density at radius 3 is 2.32 bits per heavy atom. The normalized spacial score (nSPS) is 13.9. The van der Waals surface area contributed by atoms with E-state index in [4.69, 9.17) is 9.84 Å². The lowest BCUT2D eigenvalue weighted by Gasteiger charge is -2.36. The van der Waals surface area contributed by atoms with Crippen LogP contribution in [0.2, 0.25) is 0 Å². The van der Waals surface area contributed by atoms with Crippen LogP contribution in [0.15, 0.2) is 54.6 Å². The monoisotopic (exact) mass is 419 g/mol. The maximum Gasteiger partial charge on any atom is 0.317 e. The zero-order valence-corrected chi connectivity index (χ0v) is 18.3. The van der Waals surface area contributed by atoms with Crippen molar-refractivity contribution in [2.45, 2.75) is 20.4 Å². The Morgan fingerprint density at radius 1 is 1.00 bits per heavy atom. The lowest BCUT2D eigenvalue weighted by molar-refractivity contribution is 0.194. The number of carbonyl (C=O) groups excluding carboxylic acids is 1. The number of benzene rings is 2. The number of nitrogens with zero attached hydrogens (tertiary/aromatic N) is 4. The maximum atomic E-state index is 12.6. The Hall–Kier alpha value is -3.48. The molecule has 7 heteroatoms. The first-order chi connectivity index (χ1) is 15.1. The molecule has 2 aromatic carbocycles.